The largest absolute Gasteiger partial charge is 0.474 e. The Morgan fingerprint density at radius 3 is 0.833 bits per heavy atom. The third-order valence-corrected chi connectivity index (χ3v) is 12.2. The molecule has 2 aliphatic rings. The van der Waals surface area contributed by atoms with Gasteiger partial charge in [0, 0.05) is 0 Å². The van der Waals surface area contributed by atoms with Crippen molar-refractivity contribution in [3.8, 4) is 0 Å². The van der Waals surface area contributed by atoms with Gasteiger partial charge in [0.2, 0.25) is 0 Å². The first kappa shape index (κ1) is 40.6. The van der Waals surface area contributed by atoms with Crippen LogP contribution >= 0.6 is 7.82 Å². The van der Waals surface area contributed by atoms with E-state index in [1.165, 1.54) is 0 Å². The van der Waals surface area contributed by atoms with E-state index >= 15 is 4.57 Å². The first-order valence-electron chi connectivity index (χ1n) is 19.2. The van der Waals surface area contributed by atoms with E-state index in [-0.39, 0.29) is 21.7 Å². The van der Waals surface area contributed by atoms with E-state index in [0.29, 0.717) is 22.3 Å². The average Bonchev–Trinajstić information content (AvgIpc) is 3.37. The van der Waals surface area contributed by atoms with Gasteiger partial charge in [0.25, 0.3) is 0 Å². The van der Waals surface area contributed by atoms with Crippen LogP contribution in [0.2, 0.25) is 0 Å². The number of phosphoric acid groups is 1. The molecule has 2 atom stereocenters. The lowest BCUT2D eigenvalue weighted by atomic mass is 9.70. The van der Waals surface area contributed by atoms with Gasteiger partial charge in [-0.15, -0.1) is 0 Å². The fraction of sp³-hybridized carbons (Fsp3) is 0.489. The topological polar surface area (TPSA) is 74.2 Å². The van der Waals surface area contributed by atoms with Gasteiger partial charge in [0.05, 0.1) is 0 Å². The Kier molecular flexibility index (Phi) is 9.96. The van der Waals surface area contributed by atoms with Crippen LogP contribution in [0.3, 0.4) is 0 Å². The Morgan fingerprint density at radius 1 is 0.444 bits per heavy atom. The molecule has 0 aromatic heterocycles. The lowest BCUT2D eigenvalue weighted by Crippen LogP contribution is -2.53. The zero-order chi connectivity index (χ0) is 39.9. The molecule has 290 valence electrons. The summed E-state index contributed by atoms with van der Waals surface area (Å²) < 4.78 is 42.7. The third-order valence-electron chi connectivity index (χ3n) is 11.1. The molecule has 2 aliphatic heterocycles. The van der Waals surface area contributed by atoms with Gasteiger partial charge < -0.3 is 14.4 Å². The van der Waals surface area contributed by atoms with Crippen LogP contribution in [0.5, 0.6) is 0 Å². The Labute approximate surface area is 324 Å². The Bertz CT molecular complexity index is 1740. The molecular weight excluding hydrogens is 691 g/mol. The number of phosphoric ester groups is 1. The van der Waals surface area contributed by atoms with Gasteiger partial charge in [-0.2, -0.15) is 0 Å². The highest BCUT2D eigenvalue weighted by atomic mass is 31.2. The van der Waals surface area contributed by atoms with E-state index in [0.717, 1.165) is 22.3 Å². The maximum Gasteiger partial charge on any atom is 0.474 e. The number of benzene rings is 4. The zero-order valence-electron chi connectivity index (χ0n) is 34.8. The van der Waals surface area contributed by atoms with Crippen molar-refractivity contribution in [1.29, 1.82) is 0 Å². The molecular formula is C47H61O6P. The summed E-state index contributed by atoms with van der Waals surface area (Å²) in [6.45, 7) is 29.7. The van der Waals surface area contributed by atoms with Gasteiger partial charge in [0.1, 0.15) is 12.2 Å². The fourth-order valence-electron chi connectivity index (χ4n) is 7.91. The maximum atomic E-state index is 15.1. The standard InChI is InChI=1S/C47H61O6P/c1-41(2,3)31-15-23-35(24-16-31)46(36-25-17-32(18-26-36)42(4,5)6)39-40(51-45(13,14)50-39)47(53-54(48,49)52-46,37-27-19-33(20-28-37)43(7,8)9)38-29-21-34(22-30-38)44(10,11)12/h15-30,39-40H,1-14H3,(H,48,49)/t39-,40-/m0/s1. The predicted octanol–water partition coefficient (Wildman–Crippen LogP) is 11.7. The van der Waals surface area contributed by atoms with Crippen LogP contribution in [0, 0.1) is 0 Å². The van der Waals surface area contributed by atoms with Crippen LogP contribution in [0.15, 0.2) is 97.1 Å². The lowest BCUT2D eigenvalue weighted by Gasteiger charge is -2.42. The molecule has 0 amide bonds. The van der Waals surface area contributed by atoms with Crippen molar-refractivity contribution in [2.75, 3.05) is 0 Å². The molecule has 4 aromatic rings. The molecule has 0 spiro atoms. The molecule has 2 heterocycles. The van der Waals surface area contributed by atoms with Crippen molar-refractivity contribution in [3.05, 3.63) is 142 Å². The van der Waals surface area contributed by atoms with Crippen molar-refractivity contribution in [2.24, 2.45) is 0 Å². The molecule has 1 N–H and O–H groups in total. The Balaban J connectivity index is 1.70. The highest BCUT2D eigenvalue weighted by Gasteiger charge is 2.69. The van der Waals surface area contributed by atoms with Gasteiger partial charge in [-0.1, -0.05) is 180 Å². The van der Waals surface area contributed by atoms with Crippen LogP contribution < -0.4 is 0 Å². The molecule has 0 radical (unpaired) electrons. The summed E-state index contributed by atoms with van der Waals surface area (Å²) in [6, 6.07) is 32.5. The second kappa shape index (κ2) is 13.3. The minimum atomic E-state index is -4.97. The Morgan fingerprint density at radius 2 is 0.648 bits per heavy atom. The van der Waals surface area contributed by atoms with Crippen molar-refractivity contribution in [2.45, 2.75) is 148 Å². The second-order valence-electron chi connectivity index (χ2n) is 19.9. The summed E-state index contributed by atoms with van der Waals surface area (Å²) in [5.41, 5.74) is 3.38. The summed E-state index contributed by atoms with van der Waals surface area (Å²) in [6.07, 6.45) is -1.91. The van der Waals surface area contributed by atoms with Crippen molar-refractivity contribution < 1.29 is 28.0 Å². The summed E-state index contributed by atoms with van der Waals surface area (Å²) in [7, 11) is -4.97. The molecule has 0 saturated carbocycles. The van der Waals surface area contributed by atoms with Crippen LogP contribution in [-0.2, 0) is 55.9 Å². The number of hydrogen-bond donors (Lipinski definition) is 1. The van der Waals surface area contributed by atoms with E-state index < -0.39 is 37.0 Å². The monoisotopic (exact) mass is 752 g/mol. The summed E-state index contributed by atoms with van der Waals surface area (Å²) in [4.78, 5) is 12.3. The van der Waals surface area contributed by atoms with Gasteiger partial charge in [-0.05, 0) is 80.0 Å². The average molecular weight is 753 g/mol. The molecule has 2 fully saturated rings. The molecule has 4 aromatic carbocycles. The fourth-order valence-corrected chi connectivity index (χ4v) is 9.31. The minimum Gasteiger partial charge on any atom is -0.341 e. The number of rotatable bonds is 4. The Hall–Kier alpha value is -3.09. The predicted molar refractivity (Wildman–Crippen MR) is 218 cm³/mol. The second-order valence-corrected chi connectivity index (χ2v) is 21.2. The van der Waals surface area contributed by atoms with E-state index in [9.17, 15) is 4.89 Å². The van der Waals surface area contributed by atoms with Gasteiger partial charge in [0.15, 0.2) is 17.0 Å². The molecule has 6 nitrogen and oxygen atoms in total. The van der Waals surface area contributed by atoms with Gasteiger partial charge >= 0.3 is 7.82 Å². The number of ether oxygens (including phenoxy) is 2. The molecule has 2 saturated heterocycles. The third kappa shape index (κ3) is 7.43. The molecule has 0 aliphatic carbocycles. The lowest BCUT2D eigenvalue weighted by molar-refractivity contribution is -0.178. The minimum absolute atomic E-state index is 0.120. The van der Waals surface area contributed by atoms with E-state index in [4.69, 9.17) is 18.5 Å². The summed E-state index contributed by atoms with van der Waals surface area (Å²) >= 11 is 0. The van der Waals surface area contributed by atoms with Crippen molar-refractivity contribution >= 4 is 7.82 Å². The smallest absolute Gasteiger partial charge is 0.341 e. The first-order valence-corrected chi connectivity index (χ1v) is 20.7. The maximum absolute atomic E-state index is 15.1. The van der Waals surface area contributed by atoms with Crippen molar-refractivity contribution in [3.63, 3.8) is 0 Å². The van der Waals surface area contributed by atoms with E-state index in [1.807, 2.05) is 62.4 Å². The van der Waals surface area contributed by atoms with E-state index in [2.05, 4.69) is 132 Å². The van der Waals surface area contributed by atoms with E-state index in [1.54, 1.807) is 0 Å². The highest BCUT2D eigenvalue weighted by Crippen LogP contribution is 2.66. The van der Waals surface area contributed by atoms with Crippen molar-refractivity contribution in [1.82, 2.24) is 0 Å². The molecule has 54 heavy (non-hydrogen) atoms. The zero-order valence-corrected chi connectivity index (χ0v) is 35.7. The molecule has 6 rings (SSSR count). The quantitative estimate of drug-likeness (QED) is 0.209. The molecule has 0 bridgehead atoms. The van der Waals surface area contributed by atoms with Crippen LogP contribution in [0.25, 0.3) is 0 Å². The van der Waals surface area contributed by atoms with Gasteiger partial charge in [-0.3, -0.25) is 9.05 Å². The normalized spacial score (nSPS) is 22.4. The highest BCUT2D eigenvalue weighted by molar-refractivity contribution is 7.47. The number of fused-ring (bicyclic) bond motifs is 1. The van der Waals surface area contributed by atoms with Crippen LogP contribution in [-0.4, -0.2) is 22.9 Å². The van der Waals surface area contributed by atoms with Gasteiger partial charge in [-0.25, -0.2) is 4.57 Å². The summed E-state index contributed by atoms with van der Waals surface area (Å²) in [5, 5.41) is 0. The van der Waals surface area contributed by atoms with Crippen LogP contribution in [0.1, 0.15) is 141 Å². The molecule has 0 unspecified atom stereocenters. The molecule has 7 heteroatoms. The van der Waals surface area contributed by atoms with Crippen LogP contribution in [0.4, 0.5) is 0 Å². The SMILES string of the molecule is CC1(C)O[C@H]2[C@H](O1)C(c1ccc(C(C)(C)C)cc1)(c1ccc(C(C)(C)C)cc1)OP(=O)(O)OC2(c1ccc(C(C)(C)C)cc1)c1ccc(C(C)(C)C)cc1. The number of hydrogen-bond acceptors (Lipinski definition) is 5. The summed E-state index contributed by atoms with van der Waals surface area (Å²) in [5.74, 6) is -1.12. The first-order chi connectivity index (χ1) is 24.7.